The zero-order valence-electron chi connectivity index (χ0n) is 12.3. The van der Waals surface area contributed by atoms with E-state index in [4.69, 9.17) is 0 Å². The molecule has 0 radical (unpaired) electrons. The molecule has 0 saturated heterocycles. The zero-order chi connectivity index (χ0) is 16.3. The van der Waals surface area contributed by atoms with Gasteiger partial charge in [-0.05, 0) is 12.1 Å². The Bertz CT molecular complexity index is 850. The molecule has 116 valence electrons. The molecule has 2 rings (SSSR count). The van der Waals surface area contributed by atoms with Crippen molar-refractivity contribution in [1.29, 1.82) is 0 Å². The third-order valence-corrected chi connectivity index (χ3v) is 3.29. The Morgan fingerprint density at radius 2 is 1.50 bits per heavy atom. The van der Waals surface area contributed by atoms with Crippen molar-refractivity contribution >= 4 is 22.7 Å². The highest BCUT2D eigenvalue weighted by molar-refractivity contribution is 5.82. The number of carbonyl (C=O) groups excluding carboxylic acids is 2. The van der Waals surface area contributed by atoms with E-state index in [1.54, 1.807) is 24.3 Å². The number of aromatic nitrogens is 2. The highest BCUT2D eigenvalue weighted by atomic mass is 16.2. The molecule has 1 heterocycles. The van der Waals surface area contributed by atoms with Gasteiger partial charge in [0.2, 0.25) is 11.8 Å². The molecule has 1 aromatic heterocycles. The van der Waals surface area contributed by atoms with E-state index in [0.29, 0.717) is 5.52 Å². The molecule has 1 aromatic carbocycles. The monoisotopic (exact) mass is 304 g/mol. The highest BCUT2D eigenvalue weighted by Gasteiger charge is 2.16. The summed E-state index contributed by atoms with van der Waals surface area (Å²) in [6.45, 7) is -0.628. The summed E-state index contributed by atoms with van der Waals surface area (Å²) in [5.41, 5.74) is -0.900. The van der Waals surface area contributed by atoms with Crippen molar-refractivity contribution in [3.05, 3.63) is 45.1 Å². The summed E-state index contributed by atoms with van der Waals surface area (Å²) in [5, 5.41) is 5.06. The first-order valence-electron chi connectivity index (χ1n) is 6.63. The van der Waals surface area contributed by atoms with E-state index in [9.17, 15) is 19.2 Å². The van der Waals surface area contributed by atoms with Crippen LogP contribution in [0.3, 0.4) is 0 Å². The van der Waals surface area contributed by atoms with Crippen LogP contribution in [0.5, 0.6) is 0 Å². The smallest absolute Gasteiger partial charge is 0.332 e. The summed E-state index contributed by atoms with van der Waals surface area (Å²) >= 11 is 0. The molecule has 0 atom stereocenters. The number of para-hydroxylation sites is 1. The second-order valence-electron chi connectivity index (χ2n) is 4.62. The molecule has 8 nitrogen and oxygen atoms in total. The maximum atomic E-state index is 12.5. The van der Waals surface area contributed by atoms with Crippen LogP contribution in [0.25, 0.3) is 10.9 Å². The Morgan fingerprint density at radius 1 is 0.955 bits per heavy atom. The fourth-order valence-corrected chi connectivity index (χ4v) is 2.11. The van der Waals surface area contributed by atoms with Gasteiger partial charge in [0.1, 0.15) is 13.1 Å². The van der Waals surface area contributed by atoms with Crippen molar-refractivity contribution in [3.8, 4) is 0 Å². The predicted octanol–water partition coefficient (Wildman–Crippen LogP) is -1.34. The van der Waals surface area contributed by atoms with Crippen LogP contribution in [0.15, 0.2) is 33.9 Å². The van der Waals surface area contributed by atoms with Crippen LogP contribution in [0, 0.1) is 0 Å². The van der Waals surface area contributed by atoms with Crippen molar-refractivity contribution in [2.75, 3.05) is 14.1 Å². The van der Waals surface area contributed by atoms with E-state index in [1.807, 2.05) is 0 Å². The van der Waals surface area contributed by atoms with Crippen molar-refractivity contribution in [3.63, 3.8) is 0 Å². The summed E-state index contributed by atoms with van der Waals surface area (Å²) < 4.78 is 2.00. The molecule has 2 amide bonds. The zero-order valence-corrected chi connectivity index (χ0v) is 12.3. The van der Waals surface area contributed by atoms with Gasteiger partial charge in [-0.2, -0.15) is 0 Å². The molecule has 22 heavy (non-hydrogen) atoms. The van der Waals surface area contributed by atoms with Gasteiger partial charge in [-0.15, -0.1) is 0 Å². The standard InChI is InChI=1S/C14H16N4O4/c1-15-11(19)7-17-10-6-4-3-5-9(10)13(21)18(14(17)22)8-12(20)16-2/h3-6H,7-8H2,1-2H3,(H,15,19)(H,16,20). The van der Waals surface area contributed by atoms with Gasteiger partial charge in [0.15, 0.2) is 0 Å². The Kier molecular flexibility index (Phi) is 4.40. The third kappa shape index (κ3) is 2.76. The molecule has 0 aliphatic heterocycles. The number of nitrogens with zero attached hydrogens (tertiary/aromatic N) is 2. The van der Waals surface area contributed by atoms with Crippen molar-refractivity contribution < 1.29 is 9.59 Å². The lowest BCUT2D eigenvalue weighted by atomic mass is 10.2. The quantitative estimate of drug-likeness (QED) is 0.729. The minimum absolute atomic E-state index is 0.232. The molecular formula is C14H16N4O4. The maximum Gasteiger partial charge on any atom is 0.332 e. The SMILES string of the molecule is CNC(=O)Cn1c(=O)c2ccccc2n(CC(=O)NC)c1=O. The summed E-state index contributed by atoms with van der Waals surface area (Å²) in [6, 6.07) is 6.47. The summed E-state index contributed by atoms with van der Waals surface area (Å²) in [7, 11) is 2.87. The van der Waals surface area contributed by atoms with Gasteiger partial charge >= 0.3 is 5.69 Å². The maximum absolute atomic E-state index is 12.5. The lowest BCUT2D eigenvalue weighted by Crippen LogP contribution is -2.44. The van der Waals surface area contributed by atoms with E-state index >= 15 is 0 Å². The Hall–Kier alpha value is -2.90. The first-order chi connectivity index (χ1) is 10.5. The molecule has 0 aliphatic rings. The summed E-state index contributed by atoms with van der Waals surface area (Å²) in [5.74, 6) is -0.849. The highest BCUT2D eigenvalue weighted by Crippen LogP contribution is 2.07. The van der Waals surface area contributed by atoms with E-state index in [-0.39, 0.29) is 17.8 Å². The minimum atomic E-state index is -0.698. The second-order valence-corrected chi connectivity index (χ2v) is 4.62. The van der Waals surface area contributed by atoms with Crippen molar-refractivity contribution in [2.45, 2.75) is 13.1 Å². The van der Waals surface area contributed by atoms with E-state index in [0.717, 1.165) is 4.57 Å². The molecule has 0 spiro atoms. The van der Waals surface area contributed by atoms with Gasteiger partial charge in [-0.3, -0.25) is 23.5 Å². The molecule has 8 heteroatoms. The number of nitrogens with one attached hydrogen (secondary N) is 2. The molecule has 2 aromatic rings. The molecule has 2 N–H and O–H groups in total. The number of hydrogen-bond donors (Lipinski definition) is 2. The molecule has 0 bridgehead atoms. The lowest BCUT2D eigenvalue weighted by Gasteiger charge is -2.13. The molecular weight excluding hydrogens is 288 g/mol. The van der Waals surface area contributed by atoms with Crippen molar-refractivity contribution in [2.24, 2.45) is 0 Å². The van der Waals surface area contributed by atoms with Gasteiger partial charge in [-0.25, -0.2) is 4.79 Å². The minimum Gasteiger partial charge on any atom is -0.358 e. The molecule has 0 saturated carbocycles. The second kappa shape index (κ2) is 6.25. The number of amides is 2. The van der Waals surface area contributed by atoms with Crippen LogP contribution in [-0.4, -0.2) is 35.0 Å². The van der Waals surface area contributed by atoms with Crippen LogP contribution in [0.4, 0.5) is 0 Å². The molecule has 0 aliphatic carbocycles. The number of rotatable bonds is 4. The van der Waals surface area contributed by atoms with Gasteiger partial charge in [0, 0.05) is 14.1 Å². The van der Waals surface area contributed by atoms with Crippen LogP contribution in [-0.2, 0) is 22.7 Å². The van der Waals surface area contributed by atoms with Crippen LogP contribution in [0.1, 0.15) is 0 Å². The Balaban J connectivity index is 2.76. The lowest BCUT2D eigenvalue weighted by molar-refractivity contribution is -0.121. The van der Waals surface area contributed by atoms with Crippen molar-refractivity contribution in [1.82, 2.24) is 19.8 Å². The largest absolute Gasteiger partial charge is 0.358 e. The third-order valence-electron chi connectivity index (χ3n) is 3.29. The first-order valence-corrected chi connectivity index (χ1v) is 6.63. The normalized spacial score (nSPS) is 10.5. The van der Waals surface area contributed by atoms with Crippen LogP contribution in [0.2, 0.25) is 0 Å². The number of carbonyl (C=O) groups is 2. The molecule has 0 unspecified atom stereocenters. The number of hydrogen-bond acceptors (Lipinski definition) is 4. The number of fused-ring (bicyclic) bond motifs is 1. The topological polar surface area (TPSA) is 102 Å². The van der Waals surface area contributed by atoms with E-state index in [1.165, 1.54) is 18.7 Å². The van der Waals surface area contributed by atoms with Crippen LogP contribution >= 0.6 is 0 Å². The fourth-order valence-electron chi connectivity index (χ4n) is 2.11. The molecule has 0 fully saturated rings. The average molecular weight is 304 g/mol. The Morgan fingerprint density at radius 3 is 2.09 bits per heavy atom. The number of likely N-dealkylation sites (N-methyl/N-ethyl adjacent to an activating group) is 2. The average Bonchev–Trinajstić information content (AvgIpc) is 2.54. The summed E-state index contributed by atoms with van der Waals surface area (Å²) in [4.78, 5) is 48.0. The first kappa shape index (κ1) is 15.5. The van der Waals surface area contributed by atoms with Gasteiger partial charge in [0.05, 0.1) is 10.9 Å². The van der Waals surface area contributed by atoms with Gasteiger partial charge < -0.3 is 10.6 Å². The predicted molar refractivity (Wildman–Crippen MR) is 80.6 cm³/mol. The number of benzene rings is 1. The summed E-state index contributed by atoms with van der Waals surface area (Å²) in [6.07, 6.45) is 0. The van der Waals surface area contributed by atoms with Gasteiger partial charge in [0.25, 0.3) is 5.56 Å². The van der Waals surface area contributed by atoms with Crippen LogP contribution < -0.4 is 21.9 Å². The van der Waals surface area contributed by atoms with E-state index < -0.39 is 23.7 Å². The Labute approximate surface area is 125 Å². The van der Waals surface area contributed by atoms with Gasteiger partial charge in [-0.1, -0.05) is 12.1 Å². The fraction of sp³-hybridized carbons (Fsp3) is 0.286. The van der Waals surface area contributed by atoms with E-state index in [2.05, 4.69) is 10.6 Å².